The van der Waals surface area contributed by atoms with Gasteiger partial charge in [-0.2, -0.15) is 9.61 Å². The van der Waals surface area contributed by atoms with Gasteiger partial charge in [-0.25, -0.2) is 0 Å². The van der Waals surface area contributed by atoms with Crippen molar-refractivity contribution < 1.29 is 4.74 Å². The second-order valence-corrected chi connectivity index (χ2v) is 7.30. The number of fused-ring (bicyclic) bond motifs is 1. The van der Waals surface area contributed by atoms with Crippen LogP contribution in [0.2, 0.25) is 0 Å². The highest BCUT2D eigenvalue weighted by atomic mass is 32.1. The van der Waals surface area contributed by atoms with E-state index in [0.717, 1.165) is 54.2 Å². The SMILES string of the molecule is Cc1ccc(-c2nn3c(C(C)CN4CCOCC4)nnc3s2)cc1. The van der Waals surface area contributed by atoms with Crippen molar-refractivity contribution in [1.82, 2.24) is 24.7 Å². The molecule has 3 aromatic rings. The molecule has 2 aromatic heterocycles. The average Bonchev–Trinajstić information content (AvgIpc) is 3.17. The molecule has 0 bridgehead atoms. The molecule has 1 unspecified atom stereocenters. The molecule has 6 nitrogen and oxygen atoms in total. The molecule has 3 heterocycles. The molecule has 0 aliphatic carbocycles. The van der Waals surface area contributed by atoms with E-state index < -0.39 is 0 Å². The Labute approximate surface area is 145 Å². The number of hydrogen-bond acceptors (Lipinski definition) is 6. The summed E-state index contributed by atoms with van der Waals surface area (Å²) in [7, 11) is 0. The molecule has 4 rings (SSSR count). The Morgan fingerprint density at radius 1 is 1.17 bits per heavy atom. The van der Waals surface area contributed by atoms with Crippen LogP contribution in [0.1, 0.15) is 24.2 Å². The second-order valence-electron chi connectivity index (χ2n) is 6.34. The smallest absolute Gasteiger partial charge is 0.234 e. The summed E-state index contributed by atoms with van der Waals surface area (Å²) >= 11 is 1.59. The lowest BCUT2D eigenvalue weighted by atomic mass is 10.1. The molecule has 0 amide bonds. The number of ether oxygens (including phenoxy) is 1. The molecule has 0 N–H and O–H groups in total. The molecule has 7 heteroatoms. The molecule has 1 saturated heterocycles. The zero-order valence-corrected chi connectivity index (χ0v) is 14.8. The Morgan fingerprint density at radius 3 is 2.67 bits per heavy atom. The van der Waals surface area contributed by atoms with Gasteiger partial charge in [-0.05, 0) is 6.92 Å². The van der Waals surface area contributed by atoms with Gasteiger partial charge in [0.25, 0.3) is 0 Å². The minimum Gasteiger partial charge on any atom is -0.379 e. The van der Waals surface area contributed by atoms with E-state index in [1.165, 1.54) is 5.56 Å². The predicted molar refractivity (Wildman–Crippen MR) is 94.5 cm³/mol. The van der Waals surface area contributed by atoms with Gasteiger partial charge in [0.2, 0.25) is 4.96 Å². The third kappa shape index (κ3) is 3.07. The average molecular weight is 343 g/mol. The van der Waals surface area contributed by atoms with Crippen molar-refractivity contribution in [2.45, 2.75) is 19.8 Å². The summed E-state index contributed by atoms with van der Waals surface area (Å²) < 4.78 is 7.33. The summed E-state index contributed by atoms with van der Waals surface area (Å²) in [6, 6.07) is 8.44. The van der Waals surface area contributed by atoms with Gasteiger partial charge in [0, 0.05) is 31.1 Å². The van der Waals surface area contributed by atoms with Crippen LogP contribution in [0.5, 0.6) is 0 Å². The van der Waals surface area contributed by atoms with Crippen LogP contribution in [0.3, 0.4) is 0 Å². The molecule has 24 heavy (non-hydrogen) atoms. The van der Waals surface area contributed by atoms with Crippen LogP contribution < -0.4 is 0 Å². The third-order valence-electron chi connectivity index (χ3n) is 4.39. The summed E-state index contributed by atoms with van der Waals surface area (Å²) in [4.78, 5) is 3.28. The van der Waals surface area contributed by atoms with Crippen LogP contribution in [0.4, 0.5) is 0 Å². The lowest BCUT2D eigenvalue weighted by Crippen LogP contribution is -2.38. The van der Waals surface area contributed by atoms with Gasteiger partial charge in [0.1, 0.15) is 5.01 Å². The fourth-order valence-corrected chi connectivity index (χ4v) is 3.86. The number of nitrogens with zero attached hydrogens (tertiary/aromatic N) is 5. The van der Waals surface area contributed by atoms with E-state index in [2.05, 4.69) is 53.2 Å². The van der Waals surface area contributed by atoms with Crippen LogP contribution in [-0.2, 0) is 4.74 Å². The van der Waals surface area contributed by atoms with Crippen LogP contribution in [0.15, 0.2) is 24.3 Å². The molecular weight excluding hydrogens is 322 g/mol. The molecule has 0 radical (unpaired) electrons. The molecule has 1 aromatic carbocycles. The molecule has 1 aliphatic rings. The first-order valence-corrected chi connectivity index (χ1v) is 9.11. The first kappa shape index (κ1) is 15.7. The third-order valence-corrected chi connectivity index (χ3v) is 5.34. The maximum atomic E-state index is 5.42. The normalized spacial score (nSPS) is 17.4. The summed E-state index contributed by atoms with van der Waals surface area (Å²) in [5.41, 5.74) is 2.38. The van der Waals surface area contributed by atoms with Gasteiger partial charge in [0.15, 0.2) is 5.82 Å². The number of aromatic nitrogens is 4. The fourth-order valence-electron chi connectivity index (χ4n) is 3.00. The molecular formula is C17H21N5OS. The van der Waals surface area contributed by atoms with E-state index >= 15 is 0 Å². The van der Waals surface area contributed by atoms with Gasteiger partial charge in [-0.1, -0.05) is 48.1 Å². The van der Waals surface area contributed by atoms with Crippen molar-refractivity contribution in [3.63, 3.8) is 0 Å². The van der Waals surface area contributed by atoms with Crippen molar-refractivity contribution in [3.8, 4) is 10.6 Å². The Morgan fingerprint density at radius 2 is 1.92 bits per heavy atom. The first-order valence-electron chi connectivity index (χ1n) is 8.30. The topological polar surface area (TPSA) is 55.5 Å². The lowest BCUT2D eigenvalue weighted by Gasteiger charge is -2.28. The highest BCUT2D eigenvalue weighted by Gasteiger charge is 2.21. The van der Waals surface area contributed by atoms with Crippen LogP contribution in [-0.4, -0.2) is 57.6 Å². The van der Waals surface area contributed by atoms with Gasteiger partial charge in [0.05, 0.1) is 13.2 Å². The quantitative estimate of drug-likeness (QED) is 0.729. The summed E-state index contributed by atoms with van der Waals surface area (Å²) in [6.07, 6.45) is 0. The van der Waals surface area contributed by atoms with Crippen LogP contribution in [0, 0.1) is 6.92 Å². The predicted octanol–water partition coefficient (Wildman–Crippen LogP) is 2.60. The van der Waals surface area contributed by atoms with Crippen LogP contribution >= 0.6 is 11.3 Å². The Balaban J connectivity index is 1.58. The van der Waals surface area contributed by atoms with E-state index in [-0.39, 0.29) is 5.92 Å². The summed E-state index contributed by atoms with van der Waals surface area (Å²) in [6.45, 7) is 8.84. The van der Waals surface area contributed by atoms with Gasteiger partial charge >= 0.3 is 0 Å². The number of aryl methyl sites for hydroxylation is 1. The lowest BCUT2D eigenvalue weighted by molar-refractivity contribution is 0.0353. The second kappa shape index (κ2) is 6.58. The zero-order chi connectivity index (χ0) is 16.5. The molecule has 0 spiro atoms. The molecule has 1 aliphatic heterocycles. The van der Waals surface area contributed by atoms with Crippen molar-refractivity contribution >= 4 is 16.3 Å². The van der Waals surface area contributed by atoms with Crippen molar-refractivity contribution in [2.75, 3.05) is 32.8 Å². The number of hydrogen-bond donors (Lipinski definition) is 0. The number of rotatable bonds is 4. The monoisotopic (exact) mass is 343 g/mol. The standard InChI is InChI=1S/C17H21N5OS/c1-12-3-5-14(6-4-12)16-20-22-15(18-19-17(22)24-16)13(2)11-21-7-9-23-10-8-21/h3-6,13H,7-11H2,1-2H3. The maximum absolute atomic E-state index is 5.42. The highest BCUT2D eigenvalue weighted by Crippen LogP contribution is 2.27. The highest BCUT2D eigenvalue weighted by molar-refractivity contribution is 7.19. The Kier molecular flexibility index (Phi) is 4.30. The minimum absolute atomic E-state index is 0.283. The fraction of sp³-hybridized carbons (Fsp3) is 0.471. The molecule has 126 valence electrons. The van der Waals surface area contributed by atoms with E-state index in [4.69, 9.17) is 9.84 Å². The van der Waals surface area contributed by atoms with Crippen molar-refractivity contribution in [1.29, 1.82) is 0 Å². The van der Waals surface area contributed by atoms with E-state index in [9.17, 15) is 0 Å². The van der Waals surface area contributed by atoms with Crippen molar-refractivity contribution in [3.05, 3.63) is 35.7 Å². The van der Waals surface area contributed by atoms with Crippen molar-refractivity contribution in [2.24, 2.45) is 0 Å². The molecule has 1 atom stereocenters. The number of benzene rings is 1. The first-order chi connectivity index (χ1) is 11.7. The molecule has 1 fully saturated rings. The summed E-state index contributed by atoms with van der Waals surface area (Å²) in [5, 5.41) is 14.4. The zero-order valence-electron chi connectivity index (χ0n) is 14.0. The molecule has 0 saturated carbocycles. The summed E-state index contributed by atoms with van der Waals surface area (Å²) in [5.74, 6) is 1.22. The van der Waals surface area contributed by atoms with E-state index in [1.54, 1.807) is 11.3 Å². The van der Waals surface area contributed by atoms with Gasteiger partial charge in [-0.15, -0.1) is 10.2 Å². The minimum atomic E-state index is 0.283. The number of morpholine rings is 1. The Bertz CT molecular complexity index is 819. The van der Waals surface area contributed by atoms with Gasteiger partial charge in [-0.3, -0.25) is 4.90 Å². The largest absolute Gasteiger partial charge is 0.379 e. The van der Waals surface area contributed by atoms with Gasteiger partial charge < -0.3 is 4.74 Å². The van der Waals surface area contributed by atoms with Crippen LogP contribution in [0.25, 0.3) is 15.5 Å². The van der Waals surface area contributed by atoms with E-state index in [0.29, 0.717) is 0 Å². The Hall–Kier alpha value is -1.83. The van der Waals surface area contributed by atoms with E-state index in [1.807, 2.05) is 4.52 Å². The maximum Gasteiger partial charge on any atom is 0.234 e.